The largest absolute Gasteiger partial charge is 0.434 e. The van der Waals surface area contributed by atoms with Gasteiger partial charge in [0, 0.05) is 6.07 Å². The highest BCUT2D eigenvalue weighted by atomic mass is 16.6. The van der Waals surface area contributed by atoms with E-state index in [1.165, 1.54) is 6.26 Å². The second-order valence-corrected chi connectivity index (χ2v) is 3.48. The van der Waals surface area contributed by atoms with Crippen molar-refractivity contribution in [1.82, 2.24) is 0 Å². The van der Waals surface area contributed by atoms with Gasteiger partial charge >= 0.3 is 5.97 Å². The van der Waals surface area contributed by atoms with Crippen molar-refractivity contribution < 1.29 is 13.9 Å². The molecule has 1 aliphatic carbocycles. The molecule has 0 bridgehead atoms. The summed E-state index contributed by atoms with van der Waals surface area (Å²) in [6.45, 7) is 1.91. The average Bonchev–Trinajstić information content (AvgIpc) is 2.85. The second kappa shape index (κ2) is 3.24. The van der Waals surface area contributed by atoms with Gasteiger partial charge in [-0.2, -0.15) is 0 Å². The summed E-state index contributed by atoms with van der Waals surface area (Å²) in [6, 6.07) is 3.34. The number of ether oxygens (including phenoxy) is 1. The molecule has 0 spiro atoms. The van der Waals surface area contributed by atoms with Crippen LogP contribution in [0.5, 0.6) is 5.95 Å². The van der Waals surface area contributed by atoms with Crippen LogP contribution < -0.4 is 4.74 Å². The number of furan rings is 1. The van der Waals surface area contributed by atoms with Gasteiger partial charge in [0.15, 0.2) is 0 Å². The van der Waals surface area contributed by atoms with Gasteiger partial charge in [-0.3, -0.25) is 4.79 Å². The van der Waals surface area contributed by atoms with Crippen molar-refractivity contribution in [3.05, 3.63) is 18.4 Å². The van der Waals surface area contributed by atoms with Crippen LogP contribution >= 0.6 is 0 Å². The van der Waals surface area contributed by atoms with Gasteiger partial charge in [0.25, 0.3) is 5.95 Å². The summed E-state index contributed by atoms with van der Waals surface area (Å²) in [4.78, 5) is 11.4. The molecule has 0 saturated heterocycles. The molecule has 0 aromatic carbocycles. The zero-order chi connectivity index (χ0) is 9.26. The van der Waals surface area contributed by atoms with Crippen molar-refractivity contribution in [2.45, 2.75) is 19.8 Å². The number of hydrogen-bond donors (Lipinski definition) is 0. The Morgan fingerprint density at radius 2 is 2.46 bits per heavy atom. The third-order valence-electron chi connectivity index (χ3n) is 2.40. The minimum absolute atomic E-state index is 0.00472. The zero-order valence-corrected chi connectivity index (χ0v) is 7.53. The van der Waals surface area contributed by atoms with Gasteiger partial charge < -0.3 is 9.15 Å². The lowest BCUT2D eigenvalue weighted by molar-refractivity contribution is -0.140. The van der Waals surface area contributed by atoms with Crippen LogP contribution in [-0.4, -0.2) is 5.97 Å². The number of carbonyl (C=O) groups is 1. The molecule has 1 aromatic rings. The Hall–Kier alpha value is -1.25. The highest BCUT2D eigenvalue weighted by molar-refractivity contribution is 5.74. The maximum Gasteiger partial charge on any atom is 0.316 e. The van der Waals surface area contributed by atoms with E-state index in [9.17, 15) is 4.79 Å². The average molecular weight is 180 g/mol. The minimum atomic E-state index is -0.183. The fourth-order valence-electron chi connectivity index (χ4n) is 1.30. The first-order valence-corrected chi connectivity index (χ1v) is 4.52. The predicted octanol–water partition coefficient (Wildman–Crippen LogP) is 2.23. The van der Waals surface area contributed by atoms with E-state index >= 15 is 0 Å². The maximum atomic E-state index is 11.4. The molecular formula is C10H12O3. The van der Waals surface area contributed by atoms with Gasteiger partial charge in [0.2, 0.25) is 0 Å². The van der Waals surface area contributed by atoms with Crippen molar-refractivity contribution in [3.63, 3.8) is 0 Å². The van der Waals surface area contributed by atoms with Crippen LogP contribution in [0, 0.1) is 11.8 Å². The summed E-state index contributed by atoms with van der Waals surface area (Å²) < 4.78 is 9.92. The molecule has 70 valence electrons. The van der Waals surface area contributed by atoms with E-state index < -0.39 is 0 Å². The minimum Gasteiger partial charge on any atom is -0.434 e. The second-order valence-electron chi connectivity index (χ2n) is 3.48. The summed E-state index contributed by atoms with van der Waals surface area (Å²) in [5.74, 6) is 0.641. The molecule has 1 atom stereocenters. The molecule has 1 fully saturated rings. The Labute approximate surface area is 76.7 Å². The quantitative estimate of drug-likeness (QED) is 0.669. The lowest BCUT2D eigenvalue weighted by Gasteiger charge is -2.06. The Morgan fingerprint density at radius 1 is 1.69 bits per heavy atom. The van der Waals surface area contributed by atoms with Gasteiger partial charge in [0.05, 0.1) is 12.2 Å². The van der Waals surface area contributed by atoms with Crippen LogP contribution in [0.25, 0.3) is 0 Å². The van der Waals surface area contributed by atoms with Crippen LogP contribution in [0.15, 0.2) is 22.8 Å². The van der Waals surface area contributed by atoms with E-state index in [1.807, 2.05) is 6.92 Å². The molecule has 0 radical (unpaired) electrons. The highest BCUT2D eigenvalue weighted by Crippen LogP contribution is 2.37. The Morgan fingerprint density at radius 3 is 3.00 bits per heavy atom. The SMILES string of the molecule is CC(C(=O)Oc1ccco1)C1CC1. The maximum absolute atomic E-state index is 11.4. The number of esters is 1. The summed E-state index contributed by atoms with van der Waals surface area (Å²) >= 11 is 0. The van der Waals surface area contributed by atoms with Gasteiger partial charge in [-0.05, 0) is 24.8 Å². The Balaban J connectivity index is 1.90. The number of rotatable bonds is 3. The molecule has 0 amide bonds. The van der Waals surface area contributed by atoms with E-state index in [0.29, 0.717) is 5.92 Å². The van der Waals surface area contributed by atoms with Crippen molar-refractivity contribution in [3.8, 4) is 5.95 Å². The third-order valence-corrected chi connectivity index (χ3v) is 2.40. The first-order chi connectivity index (χ1) is 6.27. The smallest absolute Gasteiger partial charge is 0.316 e. The summed E-state index contributed by atoms with van der Waals surface area (Å²) in [7, 11) is 0. The van der Waals surface area contributed by atoms with Gasteiger partial charge in [-0.25, -0.2) is 0 Å². The van der Waals surface area contributed by atoms with Gasteiger partial charge in [-0.15, -0.1) is 0 Å². The van der Waals surface area contributed by atoms with Crippen molar-refractivity contribution in [2.24, 2.45) is 11.8 Å². The van der Waals surface area contributed by atoms with Crippen molar-refractivity contribution in [1.29, 1.82) is 0 Å². The van der Waals surface area contributed by atoms with E-state index in [-0.39, 0.29) is 17.8 Å². The Bertz CT molecular complexity index is 285. The first-order valence-electron chi connectivity index (χ1n) is 4.52. The van der Waals surface area contributed by atoms with Crippen LogP contribution in [-0.2, 0) is 4.79 Å². The summed E-state index contributed by atoms with van der Waals surface area (Å²) in [6.07, 6.45) is 3.78. The molecule has 2 rings (SSSR count). The van der Waals surface area contributed by atoms with Crippen LogP contribution in [0.1, 0.15) is 19.8 Å². The normalized spacial score (nSPS) is 18.2. The van der Waals surface area contributed by atoms with E-state index in [1.54, 1.807) is 12.1 Å². The lowest BCUT2D eigenvalue weighted by Crippen LogP contribution is -2.19. The molecule has 1 heterocycles. The predicted molar refractivity (Wildman–Crippen MR) is 46.2 cm³/mol. The molecule has 1 unspecified atom stereocenters. The lowest BCUT2D eigenvalue weighted by atomic mass is 10.1. The number of carbonyl (C=O) groups excluding carboxylic acids is 1. The highest BCUT2D eigenvalue weighted by Gasteiger charge is 2.34. The van der Waals surface area contributed by atoms with Gasteiger partial charge in [-0.1, -0.05) is 6.92 Å². The third kappa shape index (κ3) is 1.91. The molecule has 3 heteroatoms. The molecule has 0 aliphatic heterocycles. The molecule has 0 N–H and O–H groups in total. The standard InChI is InChI=1S/C10H12O3/c1-7(8-4-5-8)10(11)13-9-3-2-6-12-9/h2-3,6-8H,4-5H2,1H3. The fraction of sp³-hybridized carbons (Fsp3) is 0.500. The van der Waals surface area contributed by atoms with Crippen LogP contribution in [0.3, 0.4) is 0 Å². The van der Waals surface area contributed by atoms with E-state index in [2.05, 4.69) is 0 Å². The molecule has 1 saturated carbocycles. The fourth-order valence-corrected chi connectivity index (χ4v) is 1.30. The summed E-state index contributed by atoms with van der Waals surface area (Å²) in [5.41, 5.74) is 0. The van der Waals surface area contributed by atoms with Gasteiger partial charge in [0.1, 0.15) is 0 Å². The molecule has 1 aliphatic rings. The van der Waals surface area contributed by atoms with Crippen molar-refractivity contribution in [2.75, 3.05) is 0 Å². The Kier molecular flexibility index (Phi) is 2.08. The van der Waals surface area contributed by atoms with Crippen molar-refractivity contribution >= 4 is 5.97 Å². The zero-order valence-electron chi connectivity index (χ0n) is 7.53. The van der Waals surface area contributed by atoms with E-state index in [4.69, 9.17) is 9.15 Å². The van der Waals surface area contributed by atoms with Crippen LogP contribution in [0.4, 0.5) is 0 Å². The topological polar surface area (TPSA) is 39.4 Å². The number of hydrogen-bond acceptors (Lipinski definition) is 3. The molecular weight excluding hydrogens is 168 g/mol. The molecule has 1 aromatic heterocycles. The first kappa shape index (κ1) is 8.35. The summed E-state index contributed by atoms with van der Waals surface area (Å²) in [5, 5.41) is 0. The molecule has 3 nitrogen and oxygen atoms in total. The monoisotopic (exact) mass is 180 g/mol. The molecule has 13 heavy (non-hydrogen) atoms. The van der Waals surface area contributed by atoms with E-state index in [0.717, 1.165) is 12.8 Å². The van der Waals surface area contributed by atoms with Crippen LogP contribution in [0.2, 0.25) is 0 Å².